The summed E-state index contributed by atoms with van der Waals surface area (Å²) in [5.41, 5.74) is 8.19. The summed E-state index contributed by atoms with van der Waals surface area (Å²) in [5.74, 6) is 1.31. The lowest BCUT2D eigenvalue weighted by Gasteiger charge is -2.07. The number of aliphatic imine (C=N–C) groups is 1. The number of nitrogens with two attached hydrogens (primary N) is 1. The number of unbranched alkanes of at least 4 members (excludes halogenated alkanes) is 1. The van der Waals surface area contributed by atoms with Gasteiger partial charge in [-0.25, -0.2) is 0 Å². The molecule has 0 radical (unpaired) electrons. The number of nitrogens with one attached hydrogen (secondary N) is 1. The van der Waals surface area contributed by atoms with E-state index in [9.17, 15) is 0 Å². The molecule has 122 valence electrons. The number of guanidine groups is 1. The summed E-state index contributed by atoms with van der Waals surface area (Å²) in [6.45, 7) is 3.37. The van der Waals surface area contributed by atoms with E-state index in [0.717, 1.165) is 37.2 Å². The van der Waals surface area contributed by atoms with Gasteiger partial charge in [-0.1, -0.05) is 30.3 Å². The molecular formula is C19H25N3O. The van der Waals surface area contributed by atoms with Gasteiger partial charge in [0.2, 0.25) is 0 Å². The number of benzene rings is 2. The van der Waals surface area contributed by atoms with Gasteiger partial charge in [-0.2, -0.15) is 0 Å². The highest BCUT2D eigenvalue weighted by Crippen LogP contribution is 2.15. The van der Waals surface area contributed by atoms with Crippen molar-refractivity contribution >= 4 is 11.6 Å². The van der Waals surface area contributed by atoms with Crippen LogP contribution in [0, 0.1) is 0 Å². The fourth-order valence-corrected chi connectivity index (χ4v) is 2.27. The van der Waals surface area contributed by atoms with Crippen LogP contribution < -0.4 is 15.8 Å². The van der Waals surface area contributed by atoms with Crippen LogP contribution in [0.3, 0.4) is 0 Å². The fraction of sp³-hybridized carbons (Fsp3) is 0.316. The van der Waals surface area contributed by atoms with Crippen LogP contribution in [0.5, 0.6) is 5.75 Å². The van der Waals surface area contributed by atoms with Gasteiger partial charge in [0.25, 0.3) is 0 Å². The molecule has 2 rings (SSSR count). The average molecular weight is 311 g/mol. The molecule has 0 aliphatic carbocycles. The van der Waals surface area contributed by atoms with E-state index in [-0.39, 0.29) is 0 Å². The lowest BCUT2D eigenvalue weighted by molar-refractivity contribution is 0.340. The third-order valence-electron chi connectivity index (χ3n) is 3.44. The highest BCUT2D eigenvalue weighted by atomic mass is 16.5. The molecule has 3 N–H and O–H groups in total. The Hall–Kier alpha value is -2.49. The molecule has 0 saturated heterocycles. The van der Waals surface area contributed by atoms with Crippen molar-refractivity contribution in [3.8, 4) is 5.75 Å². The summed E-state index contributed by atoms with van der Waals surface area (Å²) in [5, 5.41) is 3.09. The topological polar surface area (TPSA) is 59.6 Å². The largest absolute Gasteiger partial charge is 0.494 e. The van der Waals surface area contributed by atoms with Crippen LogP contribution in [0.4, 0.5) is 5.69 Å². The Kier molecular flexibility index (Phi) is 6.98. The summed E-state index contributed by atoms with van der Waals surface area (Å²) in [6, 6.07) is 18.2. The number of hydrogen-bond donors (Lipinski definition) is 2. The van der Waals surface area contributed by atoms with E-state index >= 15 is 0 Å². The maximum Gasteiger partial charge on any atom is 0.193 e. The fourth-order valence-electron chi connectivity index (χ4n) is 2.27. The molecule has 4 heteroatoms. The van der Waals surface area contributed by atoms with E-state index in [1.165, 1.54) is 5.56 Å². The van der Waals surface area contributed by atoms with Gasteiger partial charge >= 0.3 is 0 Å². The number of hydrogen-bond acceptors (Lipinski definition) is 2. The van der Waals surface area contributed by atoms with Crippen molar-refractivity contribution < 1.29 is 4.74 Å². The number of ether oxygens (including phenoxy) is 1. The smallest absolute Gasteiger partial charge is 0.193 e. The molecule has 0 bridgehead atoms. The van der Waals surface area contributed by atoms with Crippen molar-refractivity contribution in [2.24, 2.45) is 10.7 Å². The Bertz CT molecular complexity index is 594. The summed E-state index contributed by atoms with van der Waals surface area (Å²) >= 11 is 0. The molecule has 0 aliphatic heterocycles. The molecule has 0 aromatic heterocycles. The third-order valence-corrected chi connectivity index (χ3v) is 3.44. The van der Waals surface area contributed by atoms with Gasteiger partial charge < -0.3 is 15.8 Å². The van der Waals surface area contributed by atoms with Crippen LogP contribution in [0.15, 0.2) is 59.6 Å². The minimum atomic E-state index is 0.453. The average Bonchev–Trinajstić information content (AvgIpc) is 2.57. The maximum atomic E-state index is 5.90. The lowest BCUT2D eigenvalue weighted by Crippen LogP contribution is -2.22. The first-order chi connectivity index (χ1) is 11.3. The van der Waals surface area contributed by atoms with Crippen LogP contribution in [0.25, 0.3) is 0 Å². The Morgan fingerprint density at radius 2 is 1.78 bits per heavy atom. The normalized spacial score (nSPS) is 11.3. The minimum Gasteiger partial charge on any atom is -0.494 e. The molecule has 0 aliphatic rings. The second-order valence-corrected chi connectivity index (χ2v) is 5.29. The molecule has 2 aromatic carbocycles. The minimum absolute atomic E-state index is 0.453. The van der Waals surface area contributed by atoms with E-state index in [1.54, 1.807) is 0 Å². The van der Waals surface area contributed by atoms with Crippen LogP contribution in [-0.4, -0.2) is 19.1 Å². The highest BCUT2D eigenvalue weighted by molar-refractivity contribution is 5.92. The van der Waals surface area contributed by atoms with E-state index < -0.39 is 0 Å². The molecule has 0 heterocycles. The number of anilines is 1. The highest BCUT2D eigenvalue weighted by Gasteiger charge is 1.97. The Morgan fingerprint density at radius 3 is 2.48 bits per heavy atom. The maximum absolute atomic E-state index is 5.90. The zero-order valence-corrected chi connectivity index (χ0v) is 13.7. The lowest BCUT2D eigenvalue weighted by atomic mass is 10.1. The van der Waals surface area contributed by atoms with Crippen molar-refractivity contribution in [3.05, 3.63) is 60.2 Å². The predicted molar refractivity (Wildman–Crippen MR) is 97.1 cm³/mol. The number of nitrogens with zero attached hydrogens (tertiary/aromatic N) is 1. The molecule has 2 aromatic rings. The van der Waals surface area contributed by atoms with Crippen molar-refractivity contribution in [1.82, 2.24) is 0 Å². The van der Waals surface area contributed by atoms with Crippen LogP contribution in [0.2, 0.25) is 0 Å². The first kappa shape index (κ1) is 16.9. The Balaban J connectivity index is 1.68. The quantitative estimate of drug-likeness (QED) is 0.442. The molecule has 4 nitrogen and oxygen atoms in total. The molecule has 0 amide bonds. The van der Waals surface area contributed by atoms with Gasteiger partial charge in [-0.3, -0.25) is 4.99 Å². The van der Waals surface area contributed by atoms with Gasteiger partial charge in [-0.15, -0.1) is 0 Å². The second-order valence-electron chi connectivity index (χ2n) is 5.29. The first-order valence-corrected chi connectivity index (χ1v) is 8.11. The summed E-state index contributed by atoms with van der Waals surface area (Å²) in [6.07, 6.45) is 3.23. The Labute approximate surface area is 138 Å². The summed E-state index contributed by atoms with van der Waals surface area (Å²) in [4.78, 5) is 4.36. The molecule has 0 saturated carbocycles. The van der Waals surface area contributed by atoms with Crippen molar-refractivity contribution in [3.63, 3.8) is 0 Å². The van der Waals surface area contributed by atoms with E-state index in [0.29, 0.717) is 12.6 Å². The molecule has 0 spiro atoms. The number of aryl methyl sites for hydroxylation is 1. The summed E-state index contributed by atoms with van der Waals surface area (Å²) in [7, 11) is 0. The summed E-state index contributed by atoms with van der Waals surface area (Å²) < 4.78 is 5.40. The SMILES string of the molecule is CCOc1ccc(NC(N)=NCCCCc2ccccc2)cc1. The molecule has 0 fully saturated rings. The molecule has 23 heavy (non-hydrogen) atoms. The van der Waals surface area contributed by atoms with Gasteiger partial charge in [0.15, 0.2) is 5.96 Å². The van der Waals surface area contributed by atoms with Gasteiger partial charge in [0.05, 0.1) is 6.61 Å². The standard InChI is InChI=1S/C19H25N3O/c1-2-23-18-13-11-17(12-14-18)22-19(20)21-15-7-6-10-16-8-4-3-5-9-16/h3-5,8-9,11-14H,2,6-7,10,15H2,1H3,(H3,20,21,22). The Morgan fingerprint density at radius 1 is 1.04 bits per heavy atom. The number of rotatable bonds is 8. The third kappa shape index (κ3) is 6.43. The van der Waals surface area contributed by atoms with E-state index in [2.05, 4.69) is 34.6 Å². The second kappa shape index (κ2) is 9.51. The van der Waals surface area contributed by atoms with Crippen LogP contribution in [-0.2, 0) is 6.42 Å². The van der Waals surface area contributed by atoms with Gasteiger partial charge in [0, 0.05) is 12.2 Å². The molecule has 0 atom stereocenters. The van der Waals surface area contributed by atoms with E-state index in [1.807, 2.05) is 37.3 Å². The van der Waals surface area contributed by atoms with Gasteiger partial charge in [-0.05, 0) is 56.0 Å². The zero-order chi connectivity index (χ0) is 16.3. The predicted octanol–water partition coefficient (Wildman–Crippen LogP) is 3.83. The monoisotopic (exact) mass is 311 g/mol. The van der Waals surface area contributed by atoms with E-state index in [4.69, 9.17) is 10.5 Å². The van der Waals surface area contributed by atoms with Crippen molar-refractivity contribution in [2.45, 2.75) is 26.2 Å². The van der Waals surface area contributed by atoms with Crippen molar-refractivity contribution in [1.29, 1.82) is 0 Å². The van der Waals surface area contributed by atoms with Crippen LogP contribution in [0.1, 0.15) is 25.3 Å². The zero-order valence-electron chi connectivity index (χ0n) is 13.7. The van der Waals surface area contributed by atoms with Crippen molar-refractivity contribution in [2.75, 3.05) is 18.5 Å². The molecular weight excluding hydrogens is 286 g/mol. The molecule has 0 unspecified atom stereocenters. The first-order valence-electron chi connectivity index (χ1n) is 8.11. The van der Waals surface area contributed by atoms with Crippen LogP contribution >= 0.6 is 0 Å². The van der Waals surface area contributed by atoms with Gasteiger partial charge in [0.1, 0.15) is 5.75 Å².